The van der Waals surface area contributed by atoms with Crippen molar-refractivity contribution in [3.05, 3.63) is 69.9 Å². The lowest BCUT2D eigenvalue weighted by molar-refractivity contribution is -0.151. The number of halogens is 2. The maximum atomic E-state index is 12.6. The van der Waals surface area contributed by atoms with Gasteiger partial charge in [0.25, 0.3) is 11.8 Å². The number of rotatable bonds is 8. The molecule has 2 atom stereocenters. The van der Waals surface area contributed by atoms with Crippen LogP contribution >= 0.6 is 23.2 Å². The van der Waals surface area contributed by atoms with Crippen molar-refractivity contribution in [3.63, 3.8) is 0 Å². The van der Waals surface area contributed by atoms with Crippen LogP contribution in [0.1, 0.15) is 42.9 Å². The Kier molecular flexibility index (Phi) is 8.00. The van der Waals surface area contributed by atoms with Gasteiger partial charge in [-0.1, -0.05) is 55.2 Å². The first kappa shape index (κ1) is 24.6. The molecular formula is C24H24Cl2N2O5. The summed E-state index contributed by atoms with van der Waals surface area (Å²) in [5.74, 6) is -1.47. The highest BCUT2D eigenvalue weighted by Gasteiger charge is 2.27. The quantitative estimate of drug-likeness (QED) is 0.437. The topological polar surface area (TPSA) is 97.6 Å². The number of carbonyl (C=O) groups is 3. The summed E-state index contributed by atoms with van der Waals surface area (Å²) in [6.07, 6.45) is 0. The van der Waals surface area contributed by atoms with Gasteiger partial charge in [-0.05, 0) is 43.2 Å². The summed E-state index contributed by atoms with van der Waals surface area (Å²) in [6, 6.07) is 12.4. The molecular weight excluding hydrogens is 467 g/mol. The van der Waals surface area contributed by atoms with E-state index in [0.717, 1.165) is 11.0 Å². The fourth-order valence-electron chi connectivity index (χ4n) is 3.19. The molecule has 0 aliphatic rings. The maximum absolute atomic E-state index is 12.6. The molecule has 0 saturated heterocycles. The number of ether oxygens (including phenoxy) is 1. The van der Waals surface area contributed by atoms with Crippen LogP contribution in [-0.4, -0.2) is 30.4 Å². The molecule has 33 heavy (non-hydrogen) atoms. The summed E-state index contributed by atoms with van der Waals surface area (Å²) in [6.45, 7) is 4.77. The van der Waals surface area contributed by atoms with Gasteiger partial charge in [0.15, 0.2) is 6.61 Å². The summed E-state index contributed by atoms with van der Waals surface area (Å²) >= 11 is 11.9. The maximum Gasteiger partial charge on any atom is 0.329 e. The van der Waals surface area contributed by atoms with E-state index in [1.54, 1.807) is 20.8 Å². The highest BCUT2D eigenvalue weighted by atomic mass is 35.5. The van der Waals surface area contributed by atoms with Crippen molar-refractivity contribution in [2.75, 3.05) is 6.61 Å². The zero-order valence-electron chi connectivity index (χ0n) is 18.4. The van der Waals surface area contributed by atoms with E-state index >= 15 is 0 Å². The van der Waals surface area contributed by atoms with Gasteiger partial charge in [-0.3, -0.25) is 9.59 Å². The first-order chi connectivity index (χ1) is 15.7. The van der Waals surface area contributed by atoms with E-state index in [-0.39, 0.29) is 16.5 Å². The van der Waals surface area contributed by atoms with Crippen LogP contribution in [0.15, 0.2) is 52.9 Å². The number of esters is 1. The van der Waals surface area contributed by atoms with Crippen LogP contribution in [0.5, 0.6) is 0 Å². The lowest BCUT2D eigenvalue weighted by Crippen LogP contribution is -2.46. The van der Waals surface area contributed by atoms with E-state index < -0.39 is 36.5 Å². The SMILES string of the molecule is CC(NC(=O)COC(=O)[C@@H](NC(=O)c1ccc(Cl)cc1Cl)C(C)C)c1cc2ccccc2o1. The van der Waals surface area contributed by atoms with Crippen molar-refractivity contribution in [1.82, 2.24) is 10.6 Å². The van der Waals surface area contributed by atoms with Gasteiger partial charge in [0.2, 0.25) is 0 Å². The van der Waals surface area contributed by atoms with Gasteiger partial charge in [-0.25, -0.2) is 4.79 Å². The number of nitrogens with one attached hydrogen (secondary N) is 2. The van der Waals surface area contributed by atoms with Gasteiger partial charge >= 0.3 is 5.97 Å². The minimum atomic E-state index is -0.968. The first-order valence-electron chi connectivity index (χ1n) is 10.4. The van der Waals surface area contributed by atoms with Crippen LogP contribution in [0, 0.1) is 5.92 Å². The molecule has 0 spiro atoms. The summed E-state index contributed by atoms with van der Waals surface area (Å²) in [5.41, 5.74) is 0.897. The zero-order valence-corrected chi connectivity index (χ0v) is 19.9. The Hall–Kier alpha value is -3.03. The molecule has 0 bridgehead atoms. The molecule has 2 amide bonds. The second kappa shape index (κ2) is 10.7. The van der Waals surface area contributed by atoms with Crippen molar-refractivity contribution in [1.29, 1.82) is 0 Å². The van der Waals surface area contributed by atoms with Crippen molar-refractivity contribution in [3.8, 4) is 0 Å². The second-order valence-electron chi connectivity index (χ2n) is 7.90. The van der Waals surface area contributed by atoms with Gasteiger partial charge in [0, 0.05) is 10.4 Å². The fraction of sp³-hybridized carbons (Fsp3) is 0.292. The summed E-state index contributed by atoms with van der Waals surface area (Å²) in [5, 5.41) is 6.82. The molecule has 174 valence electrons. The average molecular weight is 491 g/mol. The van der Waals surface area contributed by atoms with Crippen molar-refractivity contribution in [2.24, 2.45) is 5.92 Å². The van der Waals surface area contributed by atoms with E-state index in [0.29, 0.717) is 10.8 Å². The lowest BCUT2D eigenvalue weighted by Gasteiger charge is -2.21. The van der Waals surface area contributed by atoms with Crippen LogP contribution in [0.25, 0.3) is 11.0 Å². The number of carbonyl (C=O) groups excluding carboxylic acids is 3. The Balaban J connectivity index is 1.56. The number of furan rings is 1. The van der Waals surface area contributed by atoms with Gasteiger partial charge in [-0.15, -0.1) is 0 Å². The summed E-state index contributed by atoms with van der Waals surface area (Å²) < 4.78 is 10.9. The zero-order chi connectivity index (χ0) is 24.1. The van der Waals surface area contributed by atoms with Crippen molar-refractivity contribution < 1.29 is 23.5 Å². The third-order valence-corrected chi connectivity index (χ3v) is 5.53. The Morgan fingerprint density at radius 1 is 1.00 bits per heavy atom. The van der Waals surface area contributed by atoms with Gasteiger partial charge < -0.3 is 19.8 Å². The largest absolute Gasteiger partial charge is 0.459 e. The molecule has 7 nitrogen and oxygen atoms in total. The molecule has 2 aromatic carbocycles. The Bertz CT molecular complexity index is 1140. The van der Waals surface area contributed by atoms with E-state index in [1.165, 1.54) is 18.2 Å². The molecule has 0 aliphatic heterocycles. The van der Waals surface area contributed by atoms with Gasteiger partial charge in [0.05, 0.1) is 16.6 Å². The number of amides is 2. The van der Waals surface area contributed by atoms with E-state index in [2.05, 4.69) is 10.6 Å². The van der Waals surface area contributed by atoms with Gasteiger partial charge in [-0.2, -0.15) is 0 Å². The summed E-state index contributed by atoms with van der Waals surface area (Å²) in [4.78, 5) is 37.5. The van der Waals surface area contributed by atoms with Crippen molar-refractivity contribution in [2.45, 2.75) is 32.9 Å². The summed E-state index contributed by atoms with van der Waals surface area (Å²) in [7, 11) is 0. The van der Waals surface area contributed by atoms with Crippen LogP contribution in [-0.2, 0) is 14.3 Å². The van der Waals surface area contributed by atoms with Gasteiger partial charge in [0.1, 0.15) is 17.4 Å². The molecule has 0 radical (unpaired) electrons. The fourth-order valence-corrected chi connectivity index (χ4v) is 3.68. The molecule has 1 heterocycles. The number of fused-ring (bicyclic) bond motifs is 1. The molecule has 3 rings (SSSR count). The second-order valence-corrected chi connectivity index (χ2v) is 8.75. The molecule has 9 heteroatoms. The van der Waals surface area contributed by atoms with E-state index in [9.17, 15) is 14.4 Å². The third kappa shape index (κ3) is 6.27. The number of hydrogen-bond donors (Lipinski definition) is 2. The number of benzene rings is 2. The Morgan fingerprint density at radius 2 is 1.73 bits per heavy atom. The molecule has 0 fully saturated rings. The van der Waals surface area contributed by atoms with Crippen LogP contribution in [0.3, 0.4) is 0 Å². The molecule has 1 unspecified atom stereocenters. The Labute approximate surface area is 201 Å². The average Bonchev–Trinajstić information content (AvgIpc) is 3.20. The first-order valence-corrected chi connectivity index (χ1v) is 11.1. The lowest BCUT2D eigenvalue weighted by atomic mass is 10.0. The van der Waals surface area contributed by atoms with Crippen molar-refractivity contribution >= 4 is 52.0 Å². The number of para-hydroxylation sites is 1. The van der Waals surface area contributed by atoms with Crippen LogP contribution in [0.4, 0.5) is 0 Å². The molecule has 0 aliphatic carbocycles. The predicted molar refractivity (Wildman–Crippen MR) is 126 cm³/mol. The highest BCUT2D eigenvalue weighted by molar-refractivity contribution is 6.36. The molecule has 3 aromatic rings. The molecule has 0 saturated carbocycles. The minimum absolute atomic E-state index is 0.162. The normalized spacial score (nSPS) is 12.9. The predicted octanol–water partition coefficient (Wildman–Crippen LogP) is 4.91. The minimum Gasteiger partial charge on any atom is -0.459 e. The monoisotopic (exact) mass is 490 g/mol. The smallest absolute Gasteiger partial charge is 0.329 e. The van der Waals surface area contributed by atoms with E-state index in [4.69, 9.17) is 32.4 Å². The Morgan fingerprint density at radius 3 is 2.39 bits per heavy atom. The number of hydrogen-bond acceptors (Lipinski definition) is 5. The third-order valence-electron chi connectivity index (χ3n) is 4.98. The van der Waals surface area contributed by atoms with E-state index in [1.807, 2.05) is 30.3 Å². The highest BCUT2D eigenvalue weighted by Crippen LogP contribution is 2.24. The molecule has 2 N–H and O–H groups in total. The standard InChI is InChI=1S/C24H24Cl2N2O5/c1-13(2)22(28-23(30)17-9-8-16(25)11-18(17)26)24(31)32-12-21(29)27-14(3)20-10-15-6-4-5-7-19(15)33-20/h4-11,13-14,22H,12H2,1-3H3,(H,27,29)(H,28,30)/t14?,22-/m0/s1. The molecule has 1 aromatic heterocycles. The van der Waals surface area contributed by atoms with Crippen LogP contribution in [0.2, 0.25) is 10.0 Å². The van der Waals surface area contributed by atoms with Crippen LogP contribution < -0.4 is 10.6 Å².